The van der Waals surface area contributed by atoms with E-state index in [1.807, 2.05) is 49.0 Å². The summed E-state index contributed by atoms with van der Waals surface area (Å²) < 4.78 is 11.4. The van der Waals surface area contributed by atoms with Crippen molar-refractivity contribution in [1.82, 2.24) is 0 Å². The van der Waals surface area contributed by atoms with Gasteiger partial charge in [-0.15, -0.1) is 0 Å². The Morgan fingerprint density at radius 2 is 2.08 bits per heavy atom. The second kappa shape index (κ2) is 9.15. The number of esters is 1. The van der Waals surface area contributed by atoms with Crippen molar-refractivity contribution >= 4 is 17.7 Å². The number of ether oxygens (including phenoxy) is 2. The monoisotopic (exact) mass is 346 g/mol. The lowest BCUT2D eigenvalue weighted by Gasteiger charge is -2.40. The predicted molar refractivity (Wildman–Crippen MR) is 98.7 cm³/mol. The van der Waals surface area contributed by atoms with Crippen LogP contribution >= 0.6 is 11.8 Å². The maximum absolute atomic E-state index is 11.9. The molecule has 0 bridgehead atoms. The molecule has 3 atom stereocenters. The van der Waals surface area contributed by atoms with Crippen LogP contribution in [-0.2, 0) is 20.9 Å². The molecule has 0 amide bonds. The Kier molecular flexibility index (Phi) is 7.20. The van der Waals surface area contributed by atoms with Crippen molar-refractivity contribution in [1.29, 1.82) is 0 Å². The van der Waals surface area contributed by atoms with E-state index in [-0.39, 0.29) is 11.9 Å². The van der Waals surface area contributed by atoms with Crippen LogP contribution in [0.25, 0.3) is 0 Å². The minimum atomic E-state index is -0.673. The van der Waals surface area contributed by atoms with Crippen LogP contribution in [0.2, 0.25) is 0 Å². The second-order valence-corrected chi connectivity index (χ2v) is 7.72. The third kappa shape index (κ3) is 5.29. The number of carbonyl (C=O) groups excluding carboxylic acids is 1. The van der Waals surface area contributed by atoms with Crippen LogP contribution in [0.15, 0.2) is 30.3 Å². The first-order valence-corrected chi connectivity index (χ1v) is 9.55. The molecular weight excluding hydrogens is 320 g/mol. The van der Waals surface area contributed by atoms with Crippen molar-refractivity contribution in [2.75, 3.05) is 12.4 Å². The molecule has 24 heavy (non-hydrogen) atoms. The van der Waals surface area contributed by atoms with E-state index in [1.54, 1.807) is 0 Å². The van der Waals surface area contributed by atoms with Crippen LogP contribution in [0.1, 0.15) is 39.2 Å². The Bertz CT molecular complexity index is 590. The Morgan fingerprint density at radius 3 is 2.79 bits per heavy atom. The second-order valence-electron chi connectivity index (χ2n) is 6.25. The summed E-state index contributed by atoms with van der Waals surface area (Å²) in [6, 6.07) is 10.0. The molecule has 0 radical (unpaired) electrons. The molecule has 1 heterocycles. The van der Waals surface area contributed by atoms with E-state index in [4.69, 9.17) is 9.47 Å². The molecule has 3 unspecified atom stereocenters. The van der Waals surface area contributed by atoms with E-state index in [0.29, 0.717) is 24.9 Å². The molecule has 130 valence electrons. The molecule has 1 aromatic rings. The van der Waals surface area contributed by atoms with Gasteiger partial charge in [-0.1, -0.05) is 62.9 Å². The van der Waals surface area contributed by atoms with E-state index in [1.165, 1.54) is 0 Å². The van der Waals surface area contributed by atoms with E-state index in [2.05, 4.69) is 25.7 Å². The standard InChI is InChI=1S/C20H26O3S/c1-4-19(21)23-20(13-17(3)24-15-16(20)2)11-8-12-22-14-18-9-6-5-7-10-18/h5-7,9-10,16-17H,4,12-15H2,1-3H3. The molecule has 1 fully saturated rings. The third-order valence-electron chi connectivity index (χ3n) is 4.19. The lowest BCUT2D eigenvalue weighted by molar-refractivity contribution is -0.158. The van der Waals surface area contributed by atoms with E-state index >= 15 is 0 Å². The van der Waals surface area contributed by atoms with Gasteiger partial charge in [-0.05, 0) is 5.56 Å². The number of hydrogen-bond acceptors (Lipinski definition) is 4. The third-order valence-corrected chi connectivity index (χ3v) is 5.62. The minimum Gasteiger partial charge on any atom is -0.445 e. The summed E-state index contributed by atoms with van der Waals surface area (Å²) in [6.07, 6.45) is 1.15. The van der Waals surface area contributed by atoms with Crippen molar-refractivity contribution < 1.29 is 14.3 Å². The van der Waals surface area contributed by atoms with Crippen LogP contribution in [0.5, 0.6) is 0 Å². The topological polar surface area (TPSA) is 35.5 Å². The number of hydrogen-bond donors (Lipinski definition) is 0. The quantitative estimate of drug-likeness (QED) is 0.458. The first kappa shape index (κ1) is 18.9. The maximum Gasteiger partial charge on any atom is 0.307 e. The van der Waals surface area contributed by atoms with Gasteiger partial charge in [-0.25, -0.2) is 0 Å². The molecule has 1 aliphatic heterocycles. The molecule has 1 aromatic carbocycles. The SMILES string of the molecule is CCC(=O)OC1(C#CCOCc2ccccc2)CC(C)SCC1C. The summed E-state index contributed by atoms with van der Waals surface area (Å²) in [5.41, 5.74) is 0.455. The molecule has 0 spiro atoms. The fourth-order valence-corrected chi connectivity index (χ4v) is 3.98. The van der Waals surface area contributed by atoms with Gasteiger partial charge in [0.25, 0.3) is 0 Å². The van der Waals surface area contributed by atoms with Gasteiger partial charge in [0, 0.05) is 29.8 Å². The zero-order valence-corrected chi connectivity index (χ0v) is 15.5. The van der Waals surface area contributed by atoms with Gasteiger partial charge in [0.2, 0.25) is 0 Å². The number of carbonyl (C=O) groups is 1. The van der Waals surface area contributed by atoms with Crippen LogP contribution in [0, 0.1) is 17.8 Å². The van der Waals surface area contributed by atoms with Crippen LogP contribution in [0.3, 0.4) is 0 Å². The number of benzene rings is 1. The molecule has 0 aliphatic carbocycles. The first-order chi connectivity index (χ1) is 11.6. The van der Waals surface area contributed by atoms with Crippen molar-refractivity contribution in [2.45, 2.75) is 51.1 Å². The summed E-state index contributed by atoms with van der Waals surface area (Å²) in [4.78, 5) is 11.9. The molecule has 2 rings (SSSR count). The predicted octanol–water partition coefficient (Wildman–Crippen LogP) is 4.06. The normalized spacial score (nSPS) is 26.3. The minimum absolute atomic E-state index is 0.180. The van der Waals surface area contributed by atoms with Crippen molar-refractivity contribution in [3.05, 3.63) is 35.9 Å². The first-order valence-electron chi connectivity index (χ1n) is 8.51. The molecule has 4 heteroatoms. The van der Waals surface area contributed by atoms with Gasteiger partial charge in [-0.3, -0.25) is 4.79 Å². The average molecular weight is 346 g/mol. The zero-order chi connectivity index (χ0) is 17.4. The van der Waals surface area contributed by atoms with Gasteiger partial charge >= 0.3 is 5.97 Å². The Labute approximate surface area is 149 Å². The highest BCUT2D eigenvalue weighted by Gasteiger charge is 2.43. The van der Waals surface area contributed by atoms with Crippen LogP contribution < -0.4 is 0 Å². The lowest BCUT2D eigenvalue weighted by atomic mass is 9.85. The fourth-order valence-electron chi connectivity index (χ4n) is 2.73. The van der Waals surface area contributed by atoms with Gasteiger partial charge in [0.15, 0.2) is 5.60 Å². The smallest absolute Gasteiger partial charge is 0.307 e. The van der Waals surface area contributed by atoms with Gasteiger partial charge < -0.3 is 9.47 Å². The maximum atomic E-state index is 11.9. The molecule has 3 nitrogen and oxygen atoms in total. The van der Waals surface area contributed by atoms with E-state index in [9.17, 15) is 4.79 Å². The molecular formula is C20H26O3S. The highest BCUT2D eigenvalue weighted by atomic mass is 32.2. The van der Waals surface area contributed by atoms with Crippen molar-refractivity contribution in [3.8, 4) is 11.8 Å². The van der Waals surface area contributed by atoms with E-state index < -0.39 is 5.60 Å². The number of thioether (sulfide) groups is 1. The Morgan fingerprint density at radius 1 is 1.33 bits per heavy atom. The van der Waals surface area contributed by atoms with Gasteiger partial charge in [-0.2, -0.15) is 11.8 Å². The molecule has 1 aliphatic rings. The highest BCUT2D eigenvalue weighted by Crippen LogP contribution is 2.39. The number of rotatable bonds is 5. The molecule has 0 N–H and O–H groups in total. The highest BCUT2D eigenvalue weighted by molar-refractivity contribution is 7.99. The van der Waals surface area contributed by atoms with E-state index in [0.717, 1.165) is 17.7 Å². The van der Waals surface area contributed by atoms with Crippen molar-refractivity contribution in [3.63, 3.8) is 0 Å². The van der Waals surface area contributed by atoms with Crippen molar-refractivity contribution in [2.24, 2.45) is 5.92 Å². The largest absolute Gasteiger partial charge is 0.445 e. The summed E-state index contributed by atoms with van der Waals surface area (Å²) in [5.74, 6) is 7.32. The zero-order valence-electron chi connectivity index (χ0n) is 14.7. The fraction of sp³-hybridized carbons (Fsp3) is 0.550. The summed E-state index contributed by atoms with van der Waals surface area (Å²) in [5, 5.41) is 0.436. The van der Waals surface area contributed by atoms with Gasteiger partial charge in [0.1, 0.15) is 6.61 Å². The molecule has 0 saturated carbocycles. The summed E-state index contributed by atoms with van der Waals surface area (Å²) in [6.45, 7) is 6.98. The van der Waals surface area contributed by atoms with Gasteiger partial charge in [0.05, 0.1) is 6.61 Å². The van der Waals surface area contributed by atoms with Crippen LogP contribution in [-0.4, -0.2) is 29.2 Å². The Balaban J connectivity index is 1.99. The lowest BCUT2D eigenvalue weighted by Crippen LogP contribution is -2.46. The summed E-state index contributed by atoms with van der Waals surface area (Å²) in [7, 11) is 0. The molecule has 0 aromatic heterocycles. The average Bonchev–Trinajstić information content (AvgIpc) is 2.59. The van der Waals surface area contributed by atoms with Crippen LogP contribution in [0.4, 0.5) is 0 Å². The summed E-state index contributed by atoms with van der Waals surface area (Å²) >= 11 is 1.91. The Hall–Kier alpha value is -1.44. The molecule has 1 saturated heterocycles.